The Morgan fingerprint density at radius 3 is 2.47 bits per heavy atom. The van der Waals surface area contributed by atoms with Crippen molar-refractivity contribution in [3.63, 3.8) is 0 Å². The molecule has 1 heterocycles. The second-order valence-electron chi connectivity index (χ2n) is 8.20. The first kappa shape index (κ1) is 23.6. The monoisotopic (exact) mass is 489 g/mol. The largest absolute Gasteiger partial charge is 0.454 e. The van der Waals surface area contributed by atoms with Crippen LogP contribution in [0, 0.1) is 16.0 Å². The third-order valence-electron chi connectivity index (χ3n) is 5.44. The van der Waals surface area contributed by atoms with Crippen molar-refractivity contribution in [2.75, 3.05) is 19.7 Å². The minimum absolute atomic E-state index is 0.0227. The van der Waals surface area contributed by atoms with Crippen molar-refractivity contribution in [3.05, 3.63) is 63.2 Å². The van der Waals surface area contributed by atoms with Crippen molar-refractivity contribution in [2.24, 2.45) is 11.0 Å². The summed E-state index contributed by atoms with van der Waals surface area (Å²) in [7, 11) is -3.67. The van der Waals surface area contributed by atoms with Gasteiger partial charge in [-0.3, -0.25) is 19.1 Å². The number of amides is 1. The lowest BCUT2D eigenvalue weighted by Crippen LogP contribution is -2.23. The van der Waals surface area contributed by atoms with Gasteiger partial charge in [-0.1, -0.05) is 6.92 Å². The molecule has 4 rings (SSSR count). The fraction of sp³-hybridized carbons (Fsp3) is 0.364. The fourth-order valence-electron chi connectivity index (χ4n) is 3.46. The molecule has 1 saturated carbocycles. The van der Waals surface area contributed by atoms with E-state index in [1.165, 1.54) is 24.3 Å². The van der Waals surface area contributed by atoms with Gasteiger partial charge in [-0.2, -0.15) is 13.5 Å². The Kier molecular flexibility index (Phi) is 6.53. The SMILES string of the molecule is CC(COS(C)(=O)=O)c1cc2c(cc1/C(=N/NC(=O)C1CC1)c1ccc([N+](=O)[O-])cc1)OCO2. The van der Waals surface area contributed by atoms with Crippen LogP contribution >= 0.6 is 0 Å². The zero-order valence-corrected chi connectivity index (χ0v) is 19.3. The normalized spacial score (nSPS) is 16.2. The lowest BCUT2D eigenvalue weighted by molar-refractivity contribution is -0.384. The number of carbonyl (C=O) groups is 1. The zero-order chi connectivity index (χ0) is 24.5. The third-order valence-corrected chi connectivity index (χ3v) is 6.00. The van der Waals surface area contributed by atoms with E-state index in [2.05, 4.69) is 10.5 Å². The maximum absolute atomic E-state index is 12.3. The first-order valence-corrected chi connectivity index (χ1v) is 12.3. The van der Waals surface area contributed by atoms with Gasteiger partial charge in [0.2, 0.25) is 12.7 Å². The number of nitro benzene ring substituents is 1. The molecule has 1 atom stereocenters. The molecule has 12 heteroatoms. The number of non-ortho nitro benzene ring substituents is 1. The molecule has 1 aliphatic heterocycles. The predicted molar refractivity (Wildman–Crippen MR) is 121 cm³/mol. The van der Waals surface area contributed by atoms with E-state index in [9.17, 15) is 23.3 Å². The Hall–Kier alpha value is -3.51. The molecule has 180 valence electrons. The smallest absolute Gasteiger partial charge is 0.269 e. The number of rotatable bonds is 9. The molecule has 0 saturated heterocycles. The summed E-state index contributed by atoms with van der Waals surface area (Å²) in [6.07, 6.45) is 2.56. The highest BCUT2D eigenvalue weighted by atomic mass is 32.2. The average molecular weight is 490 g/mol. The molecule has 11 nitrogen and oxygen atoms in total. The van der Waals surface area contributed by atoms with Gasteiger partial charge in [0.25, 0.3) is 15.8 Å². The highest BCUT2D eigenvalue weighted by molar-refractivity contribution is 7.85. The summed E-state index contributed by atoms with van der Waals surface area (Å²) >= 11 is 0. The van der Waals surface area contributed by atoms with E-state index in [1.807, 2.05) is 0 Å². The number of benzene rings is 2. The molecule has 0 bridgehead atoms. The van der Waals surface area contributed by atoms with Gasteiger partial charge < -0.3 is 9.47 Å². The van der Waals surface area contributed by atoms with Crippen LogP contribution in [0.5, 0.6) is 11.5 Å². The molecule has 0 spiro atoms. The summed E-state index contributed by atoms with van der Waals surface area (Å²) < 4.78 is 39.1. The number of hydrazone groups is 1. The Bertz CT molecular complexity index is 1250. The Morgan fingerprint density at radius 2 is 1.88 bits per heavy atom. The van der Waals surface area contributed by atoms with Gasteiger partial charge in [-0.15, -0.1) is 0 Å². The van der Waals surface area contributed by atoms with Crippen molar-refractivity contribution < 1.29 is 31.8 Å². The second-order valence-corrected chi connectivity index (χ2v) is 9.84. The summed E-state index contributed by atoms with van der Waals surface area (Å²) in [6.45, 7) is 1.67. The zero-order valence-electron chi connectivity index (χ0n) is 18.5. The van der Waals surface area contributed by atoms with Gasteiger partial charge >= 0.3 is 0 Å². The number of hydrogen-bond acceptors (Lipinski definition) is 9. The number of nitrogens with one attached hydrogen (secondary N) is 1. The number of ether oxygens (including phenoxy) is 2. The van der Waals surface area contributed by atoms with Gasteiger partial charge in [0, 0.05) is 35.1 Å². The minimum Gasteiger partial charge on any atom is -0.454 e. The Balaban J connectivity index is 1.79. The molecular formula is C22H23N3O8S. The van der Waals surface area contributed by atoms with Crippen LogP contribution in [0.1, 0.15) is 42.4 Å². The van der Waals surface area contributed by atoms with Crippen molar-refractivity contribution in [3.8, 4) is 11.5 Å². The van der Waals surface area contributed by atoms with Crippen LogP contribution in [0.15, 0.2) is 41.5 Å². The lowest BCUT2D eigenvalue weighted by Gasteiger charge is -2.19. The molecule has 34 heavy (non-hydrogen) atoms. The van der Waals surface area contributed by atoms with E-state index < -0.39 is 21.0 Å². The maximum Gasteiger partial charge on any atom is 0.269 e. The number of nitro groups is 1. The van der Waals surface area contributed by atoms with Crippen LogP contribution in [0.25, 0.3) is 0 Å². The van der Waals surface area contributed by atoms with Crippen LogP contribution in [-0.4, -0.2) is 44.6 Å². The standard InChI is InChI=1S/C22H23N3O8S/c1-13(11-33-34(2,29)30)17-9-19-20(32-12-31-19)10-18(17)21(23-24-22(26)15-3-4-15)14-5-7-16(8-6-14)25(27)28/h5-10,13,15H,3-4,11-12H2,1-2H3,(H,24,26)/b23-21+. The van der Waals surface area contributed by atoms with Crippen molar-refractivity contribution in [2.45, 2.75) is 25.7 Å². The highest BCUT2D eigenvalue weighted by Crippen LogP contribution is 2.38. The molecular weight excluding hydrogens is 466 g/mol. The molecule has 0 aromatic heterocycles. The van der Waals surface area contributed by atoms with E-state index in [0.29, 0.717) is 33.9 Å². The molecule has 1 amide bonds. The summed E-state index contributed by atoms with van der Waals surface area (Å²) in [5.41, 5.74) is 4.53. The Labute approximate surface area is 196 Å². The third kappa shape index (κ3) is 5.51. The highest BCUT2D eigenvalue weighted by Gasteiger charge is 2.30. The van der Waals surface area contributed by atoms with E-state index in [0.717, 1.165) is 19.1 Å². The first-order valence-electron chi connectivity index (χ1n) is 10.5. The predicted octanol–water partition coefficient (Wildman–Crippen LogP) is 2.68. The van der Waals surface area contributed by atoms with Gasteiger partial charge in [-0.25, -0.2) is 5.43 Å². The van der Waals surface area contributed by atoms with Crippen LogP contribution in [0.2, 0.25) is 0 Å². The number of hydrogen-bond donors (Lipinski definition) is 1. The van der Waals surface area contributed by atoms with E-state index in [-0.39, 0.29) is 30.9 Å². The van der Waals surface area contributed by atoms with E-state index in [4.69, 9.17) is 13.7 Å². The van der Waals surface area contributed by atoms with Gasteiger partial charge in [0.1, 0.15) is 0 Å². The second kappa shape index (κ2) is 9.39. The molecule has 1 N–H and O–H groups in total. The summed E-state index contributed by atoms with van der Waals surface area (Å²) in [6, 6.07) is 9.17. The van der Waals surface area contributed by atoms with Gasteiger partial charge in [0.15, 0.2) is 11.5 Å². The van der Waals surface area contributed by atoms with E-state index >= 15 is 0 Å². The van der Waals surface area contributed by atoms with Crippen LogP contribution in [0.3, 0.4) is 0 Å². The van der Waals surface area contributed by atoms with E-state index in [1.54, 1.807) is 19.1 Å². The Morgan fingerprint density at radius 1 is 1.24 bits per heavy atom. The molecule has 1 fully saturated rings. The summed E-state index contributed by atoms with van der Waals surface area (Å²) in [4.78, 5) is 22.9. The molecule has 0 radical (unpaired) electrons. The van der Waals surface area contributed by atoms with Crippen molar-refractivity contribution in [1.82, 2.24) is 5.43 Å². The molecule has 2 aromatic rings. The number of nitrogens with zero attached hydrogens (tertiary/aromatic N) is 2. The molecule has 1 unspecified atom stereocenters. The van der Waals surface area contributed by atoms with Crippen LogP contribution in [0.4, 0.5) is 5.69 Å². The fourth-order valence-corrected chi connectivity index (χ4v) is 3.91. The van der Waals surface area contributed by atoms with Crippen LogP contribution in [-0.2, 0) is 19.1 Å². The molecule has 1 aliphatic carbocycles. The summed E-state index contributed by atoms with van der Waals surface area (Å²) in [5.74, 6) is 0.227. The van der Waals surface area contributed by atoms with Gasteiger partial charge in [0.05, 0.1) is 23.5 Å². The summed E-state index contributed by atoms with van der Waals surface area (Å²) in [5, 5.41) is 15.5. The van der Waals surface area contributed by atoms with Crippen LogP contribution < -0.4 is 14.9 Å². The quantitative estimate of drug-likeness (QED) is 0.245. The topological polar surface area (TPSA) is 146 Å². The number of fused-ring (bicyclic) bond motifs is 1. The van der Waals surface area contributed by atoms with Crippen molar-refractivity contribution >= 4 is 27.4 Å². The van der Waals surface area contributed by atoms with Gasteiger partial charge in [-0.05, 0) is 42.7 Å². The minimum atomic E-state index is -3.67. The maximum atomic E-state index is 12.3. The molecule has 2 aromatic carbocycles. The lowest BCUT2D eigenvalue weighted by atomic mass is 9.90. The molecule has 2 aliphatic rings. The van der Waals surface area contributed by atoms with Crippen molar-refractivity contribution in [1.29, 1.82) is 0 Å². The number of carbonyl (C=O) groups excluding carboxylic acids is 1. The average Bonchev–Trinajstić information content (AvgIpc) is 3.55. The first-order chi connectivity index (χ1) is 16.1.